The molecule has 1 unspecified atom stereocenters. The number of rotatable bonds is 3. The first kappa shape index (κ1) is 10.9. The van der Waals surface area contributed by atoms with Crippen molar-refractivity contribution in [2.45, 2.75) is 26.4 Å². The fourth-order valence-corrected chi connectivity index (χ4v) is 1.96. The normalized spacial score (nSPS) is 12.7. The highest BCUT2D eigenvalue weighted by molar-refractivity contribution is 5.32. The Labute approximate surface area is 95.9 Å². The summed E-state index contributed by atoms with van der Waals surface area (Å²) in [6.07, 6.45) is 5.50. The van der Waals surface area contributed by atoms with Crippen molar-refractivity contribution < 1.29 is 0 Å². The maximum absolute atomic E-state index is 6.19. The number of hydrogen-bond acceptors (Lipinski definition) is 2. The molecule has 3 nitrogen and oxygen atoms in total. The smallest absolute Gasteiger partial charge is 0.0946 e. The summed E-state index contributed by atoms with van der Waals surface area (Å²) in [5.41, 5.74) is 9.93. The molecule has 84 valence electrons. The van der Waals surface area contributed by atoms with Crippen LogP contribution >= 0.6 is 0 Å². The van der Waals surface area contributed by atoms with Crippen LogP contribution in [0.3, 0.4) is 0 Å². The minimum atomic E-state index is 0.0230. The number of hydrogen-bond donors (Lipinski definition) is 1. The van der Waals surface area contributed by atoms with E-state index in [2.05, 4.69) is 37.0 Å². The Morgan fingerprint density at radius 2 is 2.19 bits per heavy atom. The van der Waals surface area contributed by atoms with Crippen LogP contribution in [-0.2, 0) is 6.54 Å². The van der Waals surface area contributed by atoms with E-state index in [-0.39, 0.29) is 6.04 Å². The maximum atomic E-state index is 6.19. The monoisotopic (exact) mass is 215 g/mol. The van der Waals surface area contributed by atoms with Crippen molar-refractivity contribution in [2.24, 2.45) is 5.73 Å². The van der Waals surface area contributed by atoms with Gasteiger partial charge in [0.25, 0.3) is 0 Å². The fraction of sp³-hybridized carbons (Fsp3) is 0.308. The number of imidazole rings is 1. The standard InChI is InChI=1S/C13H17N3/c1-10-3-4-12(11(2)7-10)13(14)8-16-6-5-15-9-16/h3-7,9,13H,8,14H2,1-2H3. The van der Waals surface area contributed by atoms with E-state index in [1.807, 2.05) is 10.8 Å². The molecule has 1 heterocycles. The summed E-state index contributed by atoms with van der Waals surface area (Å²) in [6.45, 7) is 4.97. The maximum Gasteiger partial charge on any atom is 0.0946 e. The summed E-state index contributed by atoms with van der Waals surface area (Å²) in [6, 6.07) is 6.42. The molecule has 3 heteroatoms. The molecule has 0 amide bonds. The predicted molar refractivity (Wildman–Crippen MR) is 65.1 cm³/mol. The van der Waals surface area contributed by atoms with Crippen LogP contribution in [0.25, 0.3) is 0 Å². The van der Waals surface area contributed by atoms with Crippen molar-refractivity contribution >= 4 is 0 Å². The molecule has 2 N–H and O–H groups in total. The third kappa shape index (κ3) is 2.31. The van der Waals surface area contributed by atoms with Gasteiger partial charge in [-0.1, -0.05) is 23.8 Å². The second-order valence-corrected chi connectivity index (χ2v) is 4.23. The van der Waals surface area contributed by atoms with Gasteiger partial charge in [-0.2, -0.15) is 0 Å². The molecule has 0 aliphatic heterocycles. The molecule has 1 aromatic carbocycles. The fourth-order valence-electron chi connectivity index (χ4n) is 1.96. The van der Waals surface area contributed by atoms with E-state index in [1.165, 1.54) is 16.7 Å². The number of benzene rings is 1. The number of aryl methyl sites for hydroxylation is 2. The van der Waals surface area contributed by atoms with Crippen LogP contribution in [-0.4, -0.2) is 9.55 Å². The van der Waals surface area contributed by atoms with Gasteiger partial charge < -0.3 is 10.3 Å². The highest BCUT2D eigenvalue weighted by Crippen LogP contribution is 2.18. The van der Waals surface area contributed by atoms with Crippen molar-refractivity contribution in [1.29, 1.82) is 0 Å². The van der Waals surface area contributed by atoms with E-state index in [0.717, 1.165) is 6.54 Å². The average molecular weight is 215 g/mol. The Morgan fingerprint density at radius 1 is 1.38 bits per heavy atom. The number of nitrogens with zero attached hydrogens (tertiary/aromatic N) is 2. The third-order valence-corrected chi connectivity index (χ3v) is 2.79. The number of nitrogens with two attached hydrogens (primary N) is 1. The predicted octanol–water partition coefficient (Wildman–Crippen LogP) is 2.20. The molecule has 16 heavy (non-hydrogen) atoms. The van der Waals surface area contributed by atoms with Crippen molar-refractivity contribution in [3.05, 3.63) is 53.6 Å². The molecular weight excluding hydrogens is 198 g/mol. The molecular formula is C13H17N3. The minimum absolute atomic E-state index is 0.0230. The van der Waals surface area contributed by atoms with Crippen molar-refractivity contribution in [3.8, 4) is 0 Å². The van der Waals surface area contributed by atoms with E-state index in [1.54, 1.807) is 12.5 Å². The zero-order valence-electron chi connectivity index (χ0n) is 9.72. The number of aromatic nitrogens is 2. The van der Waals surface area contributed by atoms with Gasteiger partial charge in [0.15, 0.2) is 0 Å². The molecule has 0 radical (unpaired) electrons. The van der Waals surface area contributed by atoms with Crippen molar-refractivity contribution in [1.82, 2.24) is 9.55 Å². The zero-order chi connectivity index (χ0) is 11.5. The van der Waals surface area contributed by atoms with Crippen LogP contribution in [0.2, 0.25) is 0 Å². The van der Waals surface area contributed by atoms with E-state index in [9.17, 15) is 0 Å². The summed E-state index contributed by atoms with van der Waals surface area (Å²) in [7, 11) is 0. The second kappa shape index (κ2) is 4.49. The Kier molecular flexibility index (Phi) is 3.06. The SMILES string of the molecule is Cc1ccc(C(N)Cn2ccnc2)c(C)c1. The average Bonchev–Trinajstić information content (AvgIpc) is 2.70. The van der Waals surface area contributed by atoms with E-state index in [4.69, 9.17) is 5.73 Å². The topological polar surface area (TPSA) is 43.8 Å². The van der Waals surface area contributed by atoms with Gasteiger partial charge in [0.2, 0.25) is 0 Å². The van der Waals surface area contributed by atoms with Gasteiger partial charge in [0.05, 0.1) is 6.33 Å². The summed E-state index contributed by atoms with van der Waals surface area (Å²) < 4.78 is 2.00. The quantitative estimate of drug-likeness (QED) is 0.853. The lowest BCUT2D eigenvalue weighted by Crippen LogP contribution is -2.17. The summed E-state index contributed by atoms with van der Waals surface area (Å²) in [4.78, 5) is 4.01. The van der Waals surface area contributed by atoms with Crippen molar-refractivity contribution in [3.63, 3.8) is 0 Å². The first-order valence-electron chi connectivity index (χ1n) is 5.45. The summed E-state index contributed by atoms with van der Waals surface area (Å²) >= 11 is 0. The molecule has 0 spiro atoms. The molecule has 0 fully saturated rings. The van der Waals surface area contributed by atoms with Crippen LogP contribution < -0.4 is 5.73 Å². The Hall–Kier alpha value is -1.61. The third-order valence-electron chi connectivity index (χ3n) is 2.79. The highest BCUT2D eigenvalue weighted by atomic mass is 15.0. The first-order chi connectivity index (χ1) is 7.66. The van der Waals surface area contributed by atoms with E-state index < -0.39 is 0 Å². The van der Waals surface area contributed by atoms with Gasteiger partial charge in [-0.25, -0.2) is 4.98 Å². The molecule has 2 rings (SSSR count). The first-order valence-corrected chi connectivity index (χ1v) is 5.45. The largest absolute Gasteiger partial charge is 0.336 e. The molecule has 0 bridgehead atoms. The Bertz CT molecular complexity index is 460. The summed E-state index contributed by atoms with van der Waals surface area (Å²) in [5, 5.41) is 0. The van der Waals surface area contributed by atoms with Crippen LogP contribution in [0.4, 0.5) is 0 Å². The molecule has 1 aromatic heterocycles. The van der Waals surface area contributed by atoms with Gasteiger partial charge in [0, 0.05) is 25.0 Å². The summed E-state index contributed by atoms with van der Waals surface area (Å²) in [5.74, 6) is 0. The molecule has 0 aliphatic rings. The van der Waals surface area contributed by atoms with E-state index in [0.29, 0.717) is 0 Å². The van der Waals surface area contributed by atoms with E-state index >= 15 is 0 Å². The van der Waals surface area contributed by atoms with Crippen LogP contribution in [0.5, 0.6) is 0 Å². The highest BCUT2D eigenvalue weighted by Gasteiger charge is 2.09. The van der Waals surface area contributed by atoms with Gasteiger partial charge >= 0.3 is 0 Å². The second-order valence-electron chi connectivity index (χ2n) is 4.23. The van der Waals surface area contributed by atoms with Crippen LogP contribution in [0.1, 0.15) is 22.7 Å². The van der Waals surface area contributed by atoms with Crippen LogP contribution in [0, 0.1) is 13.8 Å². The molecule has 0 saturated carbocycles. The lowest BCUT2D eigenvalue weighted by atomic mass is 10.00. The van der Waals surface area contributed by atoms with Gasteiger partial charge in [-0.3, -0.25) is 0 Å². The molecule has 1 atom stereocenters. The molecule has 0 saturated heterocycles. The Morgan fingerprint density at radius 3 is 2.81 bits per heavy atom. The molecule has 2 aromatic rings. The zero-order valence-corrected chi connectivity index (χ0v) is 9.72. The van der Waals surface area contributed by atoms with Crippen LogP contribution in [0.15, 0.2) is 36.9 Å². The van der Waals surface area contributed by atoms with Gasteiger partial charge in [-0.05, 0) is 25.0 Å². The van der Waals surface area contributed by atoms with Crippen molar-refractivity contribution in [2.75, 3.05) is 0 Å². The lowest BCUT2D eigenvalue weighted by Gasteiger charge is -2.15. The van der Waals surface area contributed by atoms with Gasteiger partial charge in [-0.15, -0.1) is 0 Å². The minimum Gasteiger partial charge on any atom is -0.336 e. The lowest BCUT2D eigenvalue weighted by molar-refractivity contribution is 0.574. The molecule has 0 aliphatic carbocycles. The van der Waals surface area contributed by atoms with Gasteiger partial charge in [0.1, 0.15) is 0 Å². The Balaban J connectivity index is 2.17.